The SMILES string of the molecule is CC.CC(C)N1CCN(C(c2ccccc2)c2ccccc2)CC1. The Balaban J connectivity index is 0.00000100. The average Bonchev–Trinajstić information content (AvgIpc) is 2.66. The summed E-state index contributed by atoms with van der Waals surface area (Å²) in [6.07, 6.45) is 0. The van der Waals surface area contributed by atoms with E-state index in [0.29, 0.717) is 12.1 Å². The van der Waals surface area contributed by atoms with E-state index in [-0.39, 0.29) is 0 Å². The van der Waals surface area contributed by atoms with Crippen molar-refractivity contribution in [2.45, 2.75) is 39.8 Å². The van der Waals surface area contributed by atoms with Crippen molar-refractivity contribution in [2.75, 3.05) is 26.2 Å². The molecule has 0 bridgehead atoms. The van der Waals surface area contributed by atoms with Crippen molar-refractivity contribution in [3.05, 3.63) is 71.8 Å². The molecule has 0 radical (unpaired) electrons. The van der Waals surface area contributed by atoms with E-state index >= 15 is 0 Å². The Morgan fingerprint density at radius 3 is 1.38 bits per heavy atom. The summed E-state index contributed by atoms with van der Waals surface area (Å²) < 4.78 is 0. The van der Waals surface area contributed by atoms with Gasteiger partial charge in [0, 0.05) is 32.2 Å². The first-order chi connectivity index (χ1) is 11.8. The molecule has 2 aromatic carbocycles. The lowest BCUT2D eigenvalue weighted by Crippen LogP contribution is -2.49. The van der Waals surface area contributed by atoms with Gasteiger partial charge in [0.05, 0.1) is 6.04 Å². The molecule has 1 fully saturated rings. The van der Waals surface area contributed by atoms with E-state index < -0.39 is 0 Å². The summed E-state index contributed by atoms with van der Waals surface area (Å²) >= 11 is 0. The van der Waals surface area contributed by atoms with Crippen molar-refractivity contribution in [2.24, 2.45) is 0 Å². The van der Waals surface area contributed by atoms with E-state index in [4.69, 9.17) is 0 Å². The van der Waals surface area contributed by atoms with Gasteiger partial charge in [-0.05, 0) is 25.0 Å². The number of hydrogen-bond acceptors (Lipinski definition) is 2. The quantitative estimate of drug-likeness (QED) is 0.795. The third-order valence-electron chi connectivity index (χ3n) is 4.67. The van der Waals surface area contributed by atoms with E-state index in [1.807, 2.05) is 13.8 Å². The van der Waals surface area contributed by atoms with Crippen molar-refractivity contribution >= 4 is 0 Å². The third kappa shape index (κ3) is 4.68. The lowest BCUT2D eigenvalue weighted by Gasteiger charge is -2.41. The smallest absolute Gasteiger partial charge is 0.0602 e. The molecule has 130 valence electrons. The standard InChI is InChI=1S/C20H26N2.C2H6/c1-17(2)21-13-15-22(16-14-21)20(18-9-5-3-6-10-18)19-11-7-4-8-12-19;1-2/h3-12,17,20H,13-16H2,1-2H3;1-2H3. The number of piperazine rings is 1. The minimum absolute atomic E-state index is 0.372. The lowest BCUT2D eigenvalue weighted by atomic mass is 9.96. The van der Waals surface area contributed by atoms with Gasteiger partial charge in [-0.3, -0.25) is 9.80 Å². The molecule has 24 heavy (non-hydrogen) atoms. The van der Waals surface area contributed by atoms with E-state index in [2.05, 4.69) is 84.3 Å². The van der Waals surface area contributed by atoms with Gasteiger partial charge < -0.3 is 0 Å². The van der Waals surface area contributed by atoms with Crippen molar-refractivity contribution in [1.29, 1.82) is 0 Å². The van der Waals surface area contributed by atoms with Gasteiger partial charge in [-0.25, -0.2) is 0 Å². The van der Waals surface area contributed by atoms with Crippen LogP contribution in [-0.4, -0.2) is 42.0 Å². The number of hydrogen-bond donors (Lipinski definition) is 0. The van der Waals surface area contributed by atoms with Gasteiger partial charge in [-0.15, -0.1) is 0 Å². The molecule has 2 heteroatoms. The van der Waals surface area contributed by atoms with Crippen LogP contribution in [0.1, 0.15) is 44.9 Å². The molecule has 3 rings (SSSR count). The molecule has 0 saturated carbocycles. The highest BCUT2D eigenvalue weighted by atomic mass is 15.3. The predicted molar refractivity (Wildman–Crippen MR) is 104 cm³/mol. The van der Waals surface area contributed by atoms with Gasteiger partial charge in [0.1, 0.15) is 0 Å². The summed E-state index contributed by atoms with van der Waals surface area (Å²) in [5.41, 5.74) is 2.79. The molecular formula is C22H32N2. The monoisotopic (exact) mass is 324 g/mol. The summed E-state index contributed by atoms with van der Waals surface area (Å²) in [4.78, 5) is 5.20. The Hall–Kier alpha value is -1.64. The Morgan fingerprint density at radius 2 is 1.00 bits per heavy atom. The topological polar surface area (TPSA) is 6.48 Å². The molecule has 2 aromatic rings. The molecule has 1 saturated heterocycles. The highest BCUT2D eigenvalue weighted by Gasteiger charge is 2.26. The highest BCUT2D eigenvalue weighted by Crippen LogP contribution is 2.29. The Kier molecular flexibility index (Phi) is 7.48. The van der Waals surface area contributed by atoms with Crippen LogP contribution in [0, 0.1) is 0 Å². The van der Waals surface area contributed by atoms with Crippen molar-refractivity contribution in [1.82, 2.24) is 9.80 Å². The number of benzene rings is 2. The van der Waals surface area contributed by atoms with Crippen LogP contribution in [0.4, 0.5) is 0 Å². The van der Waals surface area contributed by atoms with E-state index in [9.17, 15) is 0 Å². The fraction of sp³-hybridized carbons (Fsp3) is 0.455. The molecule has 1 aliphatic heterocycles. The van der Waals surface area contributed by atoms with Crippen LogP contribution < -0.4 is 0 Å². The predicted octanol–water partition coefficient (Wildman–Crippen LogP) is 4.83. The summed E-state index contributed by atoms with van der Waals surface area (Å²) in [5, 5.41) is 0. The van der Waals surface area contributed by atoms with Crippen molar-refractivity contribution < 1.29 is 0 Å². The van der Waals surface area contributed by atoms with Crippen LogP contribution in [0.25, 0.3) is 0 Å². The summed E-state index contributed by atoms with van der Waals surface area (Å²) in [6.45, 7) is 13.2. The molecular weight excluding hydrogens is 292 g/mol. The minimum Gasteiger partial charge on any atom is -0.298 e. The largest absolute Gasteiger partial charge is 0.298 e. The minimum atomic E-state index is 0.372. The Labute approximate surface area is 148 Å². The molecule has 2 nitrogen and oxygen atoms in total. The van der Waals surface area contributed by atoms with E-state index in [1.165, 1.54) is 11.1 Å². The number of rotatable bonds is 4. The van der Waals surface area contributed by atoms with Crippen LogP contribution in [-0.2, 0) is 0 Å². The summed E-state index contributed by atoms with van der Waals surface area (Å²) in [6, 6.07) is 22.8. The van der Waals surface area contributed by atoms with E-state index in [0.717, 1.165) is 26.2 Å². The van der Waals surface area contributed by atoms with Crippen LogP contribution in [0.2, 0.25) is 0 Å². The van der Waals surface area contributed by atoms with Gasteiger partial charge in [-0.1, -0.05) is 74.5 Å². The maximum atomic E-state index is 2.63. The number of nitrogens with zero attached hydrogens (tertiary/aromatic N) is 2. The van der Waals surface area contributed by atoms with Gasteiger partial charge in [0.25, 0.3) is 0 Å². The molecule has 1 heterocycles. The molecule has 0 amide bonds. The lowest BCUT2D eigenvalue weighted by molar-refractivity contribution is 0.0893. The Morgan fingerprint density at radius 1 is 0.625 bits per heavy atom. The van der Waals surface area contributed by atoms with Gasteiger partial charge in [0.2, 0.25) is 0 Å². The van der Waals surface area contributed by atoms with Crippen LogP contribution in [0.5, 0.6) is 0 Å². The zero-order valence-corrected chi connectivity index (χ0v) is 15.7. The Bertz CT molecular complexity index is 518. The van der Waals surface area contributed by atoms with Crippen LogP contribution in [0.15, 0.2) is 60.7 Å². The summed E-state index contributed by atoms with van der Waals surface area (Å²) in [5.74, 6) is 0. The third-order valence-corrected chi connectivity index (χ3v) is 4.67. The molecule has 0 aliphatic carbocycles. The van der Waals surface area contributed by atoms with Gasteiger partial charge in [-0.2, -0.15) is 0 Å². The van der Waals surface area contributed by atoms with Gasteiger partial charge >= 0.3 is 0 Å². The molecule has 0 aromatic heterocycles. The maximum absolute atomic E-state index is 2.63. The zero-order chi connectivity index (χ0) is 17.4. The highest BCUT2D eigenvalue weighted by molar-refractivity contribution is 5.31. The fourth-order valence-corrected chi connectivity index (χ4v) is 3.40. The maximum Gasteiger partial charge on any atom is 0.0602 e. The van der Waals surface area contributed by atoms with Crippen molar-refractivity contribution in [3.8, 4) is 0 Å². The van der Waals surface area contributed by atoms with Crippen LogP contribution >= 0.6 is 0 Å². The van der Waals surface area contributed by atoms with Crippen molar-refractivity contribution in [3.63, 3.8) is 0 Å². The first-order valence-electron chi connectivity index (χ1n) is 9.33. The molecule has 1 aliphatic rings. The first-order valence-corrected chi connectivity index (χ1v) is 9.33. The average molecular weight is 325 g/mol. The van der Waals surface area contributed by atoms with E-state index in [1.54, 1.807) is 0 Å². The second kappa shape index (κ2) is 9.61. The molecule has 0 N–H and O–H groups in total. The first kappa shape index (κ1) is 18.7. The molecule has 0 atom stereocenters. The normalized spacial score (nSPS) is 16.1. The zero-order valence-electron chi connectivity index (χ0n) is 15.7. The van der Waals surface area contributed by atoms with Gasteiger partial charge in [0.15, 0.2) is 0 Å². The summed E-state index contributed by atoms with van der Waals surface area (Å²) in [7, 11) is 0. The second-order valence-corrected chi connectivity index (χ2v) is 6.39. The van der Waals surface area contributed by atoms with Crippen LogP contribution in [0.3, 0.4) is 0 Å². The molecule has 0 spiro atoms. The molecule has 0 unspecified atom stereocenters. The second-order valence-electron chi connectivity index (χ2n) is 6.39. The fourth-order valence-electron chi connectivity index (χ4n) is 3.40.